The first-order valence-corrected chi connectivity index (χ1v) is 10.8. The van der Waals surface area contributed by atoms with E-state index in [4.69, 9.17) is 0 Å². The number of carbonyl (C=O) groups excluding carboxylic acids is 2. The number of piperazine rings is 2. The molecule has 0 aromatic heterocycles. The first-order valence-electron chi connectivity index (χ1n) is 10.8. The van der Waals surface area contributed by atoms with Crippen LogP contribution in [0.25, 0.3) is 6.08 Å². The molecular formula is C23H32N4O2. The van der Waals surface area contributed by atoms with E-state index in [-0.39, 0.29) is 11.8 Å². The Hall–Kier alpha value is -2.18. The van der Waals surface area contributed by atoms with Crippen LogP contribution < -0.4 is 0 Å². The molecule has 1 aromatic rings. The maximum Gasteiger partial charge on any atom is 0.238 e. The van der Waals surface area contributed by atoms with Crippen molar-refractivity contribution in [2.24, 2.45) is 5.41 Å². The fourth-order valence-corrected chi connectivity index (χ4v) is 4.29. The van der Waals surface area contributed by atoms with Crippen LogP contribution in [-0.4, -0.2) is 97.4 Å². The zero-order valence-electron chi connectivity index (χ0n) is 17.4. The number of hydrogen-bond donors (Lipinski definition) is 0. The summed E-state index contributed by atoms with van der Waals surface area (Å²) in [5.41, 5.74) is 0.463. The molecule has 0 spiro atoms. The van der Waals surface area contributed by atoms with E-state index < -0.39 is 5.41 Å². The van der Waals surface area contributed by atoms with Crippen molar-refractivity contribution < 1.29 is 9.59 Å². The van der Waals surface area contributed by atoms with Gasteiger partial charge < -0.3 is 14.7 Å². The molecule has 4 rings (SSSR count). The van der Waals surface area contributed by atoms with Gasteiger partial charge in [0.1, 0.15) is 5.41 Å². The molecular weight excluding hydrogens is 364 g/mol. The highest BCUT2D eigenvalue weighted by Gasteiger charge is 2.59. The second-order valence-corrected chi connectivity index (χ2v) is 8.58. The highest BCUT2D eigenvalue weighted by Crippen LogP contribution is 2.49. The van der Waals surface area contributed by atoms with Crippen LogP contribution in [0.3, 0.4) is 0 Å². The molecule has 29 heavy (non-hydrogen) atoms. The topological polar surface area (TPSA) is 47.1 Å². The van der Waals surface area contributed by atoms with Gasteiger partial charge in [-0.1, -0.05) is 42.5 Å². The van der Waals surface area contributed by atoms with Gasteiger partial charge in [0.15, 0.2) is 0 Å². The molecule has 2 saturated heterocycles. The van der Waals surface area contributed by atoms with Crippen LogP contribution in [-0.2, 0) is 9.59 Å². The van der Waals surface area contributed by atoms with Crippen LogP contribution in [0.4, 0.5) is 0 Å². The molecule has 0 radical (unpaired) electrons. The Balaban J connectivity index is 1.26. The highest BCUT2D eigenvalue weighted by molar-refractivity contribution is 6.07. The molecule has 1 aromatic carbocycles. The average molecular weight is 397 g/mol. The Labute approximate surface area is 173 Å². The van der Waals surface area contributed by atoms with Crippen molar-refractivity contribution in [3.8, 4) is 0 Å². The van der Waals surface area contributed by atoms with Crippen LogP contribution in [0.2, 0.25) is 0 Å². The second-order valence-electron chi connectivity index (χ2n) is 8.58. The van der Waals surface area contributed by atoms with Crippen molar-refractivity contribution in [3.63, 3.8) is 0 Å². The Morgan fingerprint density at radius 3 is 1.97 bits per heavy atom. The zero-order valence-corrected chi connectivity index (χ0v) is 17.4. The molecule has 1 aliphatic carbocycles. The molecule has 0 N–H and O–H groups in total. The Kier molecular flexibility index (Phi) is 6.01. The van der Waals surface area contributed by atoms with Crippen LogP contribution in [0.5, 0.6) is 0 Å². The lowest BCUT2D eigenvalue weighted by Crippen LogP contribution is -2.55. The Morgan fingerprint density at radius 1 is 0.862 bits per heavy atom. The maximum atomic E-state index is 13.2. The van der Waals surface area contributed by atoms with Crippen LogP contribution in [0.1, 0.15) is 18.4 Å². The van der Waals surface area contributed by atoms with Gasteiger partial charge in [0.25, 0.3) is 0 Å². The van der Waals surface area contributed by atoms with E-state index in [1.54, 1.807) is 0 Å². The smallest absolute Gasteiger partial charge is 0.238 e. The largest absolute Gasteiger partial charge is 0.339 e. The molecule has 3 fully saturated rings. The van der Waals surface area contributed by atoms with Crippen LogP contribution in [0, 0.1) is 5.41 Å². The van der Waals surface area contributed by atoms with Crippen molar-refractivity contribution >= 4 is 17.9 Å². The molecule has 0 atom stereocenters. The molecule has 3 aliphatic rings. The second kappa shape index (κ2) is 8.67. The lowest BCUT2D eigenvalue weighted by molar-refractivity contribution is -0.151. The van der Waals surface area contributed by atoms with Gasteiger partial charge in [-0.3, -0.25) is 14.5 Å². The number of carbonyl (C=O) groups is 2. The number of rotatable bonds is 5. The standard InChI is InChI=1S/C23H32N4O2/c1-24-12-16-26(17-13-24)21(28)23(9-10-23)22(29)27-18-14-25(15-19-27)11-5-8-20-6-3-2-4-7-20/h2-8H,9-19H2,1H3/b8-5+. The summed E-state index contributed by atoms with van der Waals surface area (Å²) in [5, 5.41) is 0. The molecule has 0 unspecified atom stereocenters. The van der Waals surface area contributed by atoms with Crippen molar-refractivity contribution in [2.45, 2.75) is 12.8 Å². The van der Waals surface area contributed by atoms with E-state index in [0.717, 1.165) is 71.7 Å². The van der Waals surface area contributed by atoms with Gasteiger partial charge in [0, 0.05) is 58.9 Å². The third-order valence-corrected chi connectivity index (χ3v) is 6.49. The SMILES string of the molecule is CN1CCN(C(=O)C2(C(=O)N3CCN(C/C=C/c4ccccc4)CC3)CC2)CC1. The van der Waals surface area contributed by atoms with E-state index in [9.17, 15) is 9.59 Å². The summed E-state index contributed by atoms with van der Waals surface area (Å²) in [6, 6.07) is 10.3. The van der Waals surface area contributed by atoms with E-state index >= 15 is 0 Å². The third-order valence-electron chi connectivity index (χ3n) is 6.49. The van der Waals surface area contributed by atoms with Gasteiger partial charge in [0.2, 0.25) is 11.8 Å². The van der Waals surface area contributed by atoms with Crippen molar-refractivity contribution in [3.05, 3.63) is 42.0 Å². The minimum absolute atomic E-state index is 0.0703. The summed E-state index contributed by atoms with van der Waals surface area (Å²) in [4.78, 5) is 34.7. The van der Waals surface area contributed by atoms with Gasteiger partial charge in [-0.05, 0) is 25.5 Å². The summed E-state index contributed by atoms with van der Waals surface area (Å²) in [6.45, 7) is 7.33. The quantitative estimate of drug-likeness (QED) is 0.706. The first kappa shape index (κ1) is 20.1. The van der Waals surface area contributed by atoms with E-state index in [1.165, 1.54) is 5.56 Å². The van der Waals surface area contributed by atoms with Crippen molar-refractivity contribution in [1.82, 2.24) is 19.6 Å². The molecule has 2 aliphatic heterocycles. The van der Waals surface area contributed by atoms with Crippen LogP contribution >= 0.6 is 0 Å². The number of likely N-dealkylation sites (N-methyl/N-ethyl adjacent to an activating group) is 1. The summed E-state index contributed by atoms with van der Waals surface area (Å²) in [6.07, 6.45) is 5.77. The van der Waals surface area contributed by atoms with Crippen molar-refractivity contribution in [1.29, 1.82) is 0 Å². The number of hydrogen-bond acceptors (Lipinski definition) is 4. The molecule has 6 nitrogen and oxygen atoms in total. The van der Waals surface area contributed by atoms with Gasteiger partial charge >= 0.3 is 0 Å². The molecule has 2 amide bonds. The van der Waals surface area contributed by atoms with E-state index in [1.807, 2.05) is 28.0 Å². The number of nitrogens with zero attached hydrogens (tertiary/aromatic N) is 4. The molecule has 6 heteroatoms. The fraction of sp³-hybridized carbons (Fsp3) is 0.565. The van der Waals surface area contributed by atoms with Gasteiger partial charge in [-0.25, -0.2) is 0 Å². The van der Waals surface area contributed by atoms with Crippen LogP contribution in [0.15, 0.2) is 36.4 Å². The highest BCUT2D eigenvalue weighted by atomic mass is 16.2. The summed E-state index contributed by atoms with van der Waals surface area (Å²) in [7, 11) is 2.08. The van der Waals surface area contributed by atoms with Gasteiger partial charge in [-0.15, -0.1) is 0 Å². The molecule has 156 valence electrons. The van der Waals surface area contributed by atoms with E-state index in [2.05, 4.69) is 41.1 Å². The maximum absolute atomic E-state index is 13.2. The Morgan fingerprint density at radius 2 is 1.41 bits per heavy atom. The normalized spacial score (nSPS) is 22.8. The van der Waals surface area contributed by atoms with Gasteiger partial charge in [0.05, 0.1) is 0 Å². The monoisotopic (exact) mass is 396 g/mol. The minimum atomic E-state index is -0.745. The lowest BCUT2D eigenvalue weighted by atomic mass is 10.0. The zero-order chi connectivity index (χ0) is 20.3. The molecule has 0 bridgehead atoms. The fourth-order valence-electron chi connectivity index (χ4n) is 4.29. The molecule has 1 saturated carbocycles. The summed E-state index contributed by atoms with van der Waals surface area (Å²) < 4.78 is 0. The molecule has 2 heterocycles. The average Bonchev–Trinajstić information content (AvgIpc) is 3.57. The van der Waals surface area contributed by atoms with Gasteiger partial charge in [-0.2, -0.15) is 0 Å². The Bertz CT molecular complexity index is 743. The summed E-state index contributed by atoms with van der Waals surface area (Å²) >= 11 is 0. The minimum Gasteiger partial charge on any atom is -0.339 e. The first-order chi connectivity index (χ1) is 14.1. The lowest BCUT2D eigenvalue weighted by Gasteiger charge is -2.38. The third kappa shape index (κ3) is 4.54. The van der Waals surface area contributed by atoms with Crippen molar-refractivity contribution in [2.75, 3.05) is 66.0 Å². The number of amides is 2. The summed E-state index contributed by atoms with van der Waals surface area (Å²) in [5.74, 6) is 0.143. The predicted octanol–water partition coefficient (Wildman–Crippen LogP) is 1.40. The number of benzene rings is 1. The predicted molar refractivity (Wildman–Crippen MR) is 114 cm³/mol. The van der Waals surface area contributed by atoms with E-state index in [0.29, 0.717) is 0 Å².